The first kappa shape index (κ1) is 17.5. The van der Waals surface area contributed by atoms with Crippen LogP contribution in [0.15, 0.2) is 10.5 Å². The SMILES string of the molecule is Cc1cc(C(=O)N2CCC(CN3CCN(C)CC3C)CC2)c(C)o1. The summed E-state index contributed by atoms with van der Waals surface area (Å²) in [5, 5.41) is 0. The van der Waals surface area contributed by atoms with Crippen LogP contribution in [0.4, 0.5) is 0 Å². The summed E-state index contributed by atoms with van der Waals surface area (Å²) in [7, 11) is 2.21. The van der Waals surface area contributed by atoms with Gasteiger partial charge in [0.2, 0.25) is 0 Å². The zero-order valence-corrected chi connectivity index (χ0v) is 15.5. The van der Waals surface area contributed by atoms with Gasteiger partial charge in [0.25, 0.3) is 5.91 Å². The largest absolute Gasteiger partial charge is 0.466 e. The lowest BCUT2D eigenvalue weighted by Crippen LogP contribution is -2.52. The number of piperidine rings is 1. The standard InChI is InChI=1S/C19H31N3O2/c1-14-12-20(4)9-10-22(14)13-17-5-7-21(8-6-17)19(23)18-11-15(2)24-16(18)3/h11,14,17H,5-10,12-13H2,1-4H3. The second kappa shape index (κ2) is 7.28. The van der Waals surface area contributed by atoms with Crippen molar-refractivity contribution in [3.05, 3.63) is 23.2 Å². The Morgan fingerprint density at radius 1 is 1.21 bits per heavy atom. The first-order chi connectivity index (χ1) is 11.4. The lowest BCUT2D eigenvalue weighted by molar-refractivity contribution is 0.0555. The fourth-order valence-corrected chi connectivity index (χ4v) is 4.11. The van der Waals surface area contributed by atoms with E-state index in [0.29, 0.717) is 12.0 Å². The van der Waals surface area contributed by atoms with Gasteiger partial charge < -0.3 is 14.2 Å². The van der Waals surface area contributed by atoms with Crippen LogP contribution in [0.1, 0.15) is 41.6 Å². The van der Waals surface area contributed by atoms with Crippen LogP contribution in [0, 0.1) is 19.8 Å². The van der Waals surface area contributed by atoms with Crippen LogP contribution in [0.25, 0.3) is 0 Å². The fraction of sp³-hybridized carbons (Fsp3) is 0.737. The van der Waals surface area contributed by atoms with Gasteiger partial charge in [0.05, 0.1) is 5.56 Å². The normalized spacial score (nSPS) is 24.5. The zero-order valence-electron chi connectivity index (χ0n) is 15.5. The van der Waals surface area contributed by atoms with E-state index in [-0.39, 0.29) is 5.91 Å². The third-order valence-electron chi connectivity index (χ3n) is 5.63. The molecule has 5 nitrogen and oxygen atoms in total. The molecule has 1 amide bonds. The molecule has 2 fully saturated rings. The monoisotopic (exact) mass is 333 g/mol. The predicted octanol–water partition coefficient (Wildman–Crippen LogP) is 2.38. The van der Waals surface area contributed by atoms with E-state index in [9.17, 15) is 4.79 Å². The first-order valence-electron chi connectivity index (χ1n) is 9.23. The average Bonchev–Trinajstić information content (AvgIpc) is 2.88. The summed E-state index contributed by atoms with van der Waals surface area (Å²) in [6, 6.07) is 2.51. The number of likely N-dealkylation sites (N-methyl/N-ethyl adjacent to an activating group) is 1. The summed E-state index contributed by atoms with van der Waals surface area (Å²) in [5.74, 6) is 2.41. The molecule has 2 saturated heterocycles. The summed E-state index contributed by atoms with van der Waals surface area (Å²) in [6.45, 7) is 12.5. The summed E-state index contributed by atoms with van der Waals surface area (Å²) < 4.78 is 5.51. The molecule has 0 bridgehead atoms. The van der Waals surface area contributed by atoms with E-state index in [1.54, 1.807) is 0 Å². The number of hydrogen-bond donors (Lipinski definition) is 0. The second-order valence-corrected chi connectivity index (χ2v) is 7.67. The lowest BCUT2D eigenvalue weighted by Gasteiger charge is -2.41. The van der Waals surface area contributed by atoms with Crippen LogP contribution >= 0.6 is 0 Å². The van der Waals surface area contributed by atoms with Gasteiger partial charge in [0, 0.05) is 45.3 Å². The van der Waals surface area contributed by atoms with Gasteiger partial charge in [0.1, 0.15) is 11.5 Å². The molecular formula is C19H31N3O2. The van der Waals surface area contributed by atoms with E-state index in [1.807, 2.05) is 24.8 Å². The molecular weight excluding hydrogens is 302 g/mol. The molecule has 2 aliphatic heterocycles. The second-order valence-electron chi connectivity index (χ2n) is 7.67. The molecule has 3 heterocycles. The van der Waals surface area contributed by atoms with Gasteiger partial charge in [0.15, 0.2) is 0 Å². The van der Waals surface area contributed by atoms with Crippen molar-refractivity contribution in [2.45, 2.75) is 39.7 Å². The number of carbonyl (C=O) groups is 1. The van der Waals surface area contributed by atoms with Crippen LogP contribution in [0.5, 0.6) is 0 Å². The van der Waals surface area contributed by atoms with Crippen LogP contribution < -0.4 is 0 Å². The van der Waals surface area contributed by atoms with E-state index in [4.69, 9.17) is 4.42 Å². The number of rotatable bonds is 3. The minimum Gasteiger partial charge on any atom is -0.466 e. The summed E-state index contributed by atoms with van der Waals surface area (Å²) in [4.78, 5) is 19.7. The van der Waals surface area contributed by atoms with Crippen molar-refractivity contribution in [2.24, 2.45) is 5.92 Å². The predicted molar refractivity (Wildman–Crippen MR) is 95.3 cm³/mol. The fourth-order valence-electron chi connectivity index (χ4n) is 4.11. The molecule has 0 aromatic carbocycles. The van der Waals surface area contributed by atoms with Gasteiger partial charge in [-0.1, -0.05) is 0 Å². The van der Waals surface area contributed by atoms with Gasteiger partial charge in [-0.15, -0.1) is 0 Å². The molecule has 1 aromatic heterocycles. The number of piperazine rings is 1. The number of hydrogen-bond acceptors (Lipinski definition) is 4. The number of furan rings is 1. The van der Waals surface area contributed by atoms with Crippen molar-refractivity contribution >= 4 is 5.91 Å². The molecule has 1 atom stereocenters. The van der Waals surface area contributed by atoms with Crippen LogP contribution in [0.2, 0.25) is 0 Å². The highest BCUT2D eigenvalue weighted by atomic mass is 16.3. The number of nitrogens with zero attached hydrogens (tertiary/aromatic N) is 3. The van der Waals surface area contributed by atoms with E-state index in [2.05, 4.69) is 23.8 Å². The maximum absolute atomic E-state index is 12.7. The van der Waals surface area contributed by atoms with Gasteiger partial charge in [-0.3, -0.25) is 9.69 Å². The molecule has 0 saturated carbocycles. The Hall–Kier alpha value is -1.33. The van der Waals surface area contributed by atoms with Gasteiger partial charge in [-0.05, 0) is 52.6 Å². The molecule has 1 aromatic rings. The molecule has 24 heavy (non-hydrogen) atoms. The van der Waals surface area contributed by atoms with Gasteiger partial charge >= 0.3 is 0 Å². The highest BCUT2D eigenvalue weighted by molar-refractivity contribution is 5.95. The molecule has 0 aliphatic carbocycles. The molecule has 0 radical (unpaired) electrons. The Labute approximate surface area is 145 Å². The smallest absolute Gasteiger partial charge is 0.257 e. The average molecular weight is 333 g/mol. The maximum atomic E-state index is 12.7. The van der Waals surface area contributed by atoms with Crippen molar-refractivity contribution in [1.82, 2.24) is 14.7 Å². The summed E-state index contributed by atoms with van der Waals surface area (Å²) in [6.07, 6.45) is 2.22. The lowest BCUT2D eigenvalue weighted by atomic mass is 9.94. The Bertz CT molecular complexity index is 575. The molecule has 0 N–H and O–H groups in total. The van der Waals surface area contributed by atoms with E-state index < -0.39 is 0 Å². The molecule has 2 aliphatic rings. The van der Waals surface area contributed by atoms with Crippen LogP contribution in [0.3, 0.4) is 0 Å². The molecule has 134 valence electrons. The van der Waals surface area contributed by atoms with E-state index in [1.165, 1.54) is 19.6 Å². The Balaban J connectivity index is 1.51. The quantitative estimate of drug-likeness (QED) is 0.851. The molecule has 0 spiro atoms. The Morgan fingerprint density at radius 3 is 2.50 bits per heavy atom. The molecule has 5 heteroatoms. The van der Waals surface area contributed by atoms with Gasteiger partial charge in [-0.2, -0.15) is 0 Å². The van der Waals surface area contributed by atoms with Crippen LogP contribution in [-0.4, -0.2) is 73.0 Å². The van der Waals surface area contributed by atoms with Crippen molar-refractivity contribution in [2.75, 3.05) is 46.3 Å². The minimum atomic E-state index is 0.135. The molecule has 1 unspecified atom stereocenters. The highest BCUT2D eigenvalue weighted by Gasteiger charge is 2.29. The third-order valence-corrected chi connectivity index (χ3v) is 5.63. The molecule has 3 rings (SSSR count). The topological polar surface area (TPSA) is 39.9 Å². The van der Waals surface area contributed by atoms with Gasteiger partial charge in [-0.25, -0.2) is 0 Å². The van der Waals surface area contributed by atoms with Crippen LogP contribution in [-0.2, 0) is 0 Å². The summed E-state index contributed by atoms with van der Waals surface area (Å²) in [5.41, 5.74) is 0.735. The van der Waals surface area contributed by atoms with E-state index >= 15 is 0 Å². The van der Waals surface area contributed by atoms with Crippen molar-refractivity contribution in [1.29, 1.82) is 0 Å². The van der Waals surface area contributed by atoms with Crippen molar-refractivity contribution in [3.8, 4) is 0 Å². The first-order valence-corrected chi connectivity index (χ1v) is 9.23. The minimum absolute atomic E-state index is 0.135. The number of likely N-dealkylation sites (tertiary alicyclic amines) is 1. The number of carbonyl (C=O) groups excluding carboxylic acids is 1. The van der Waals surface area contributed by atoms with Crippen molar-refractivity contribution in [3.63, 3.8) is 0 Å². The zero-order chi connectivity index (χ0) is 17.3. The van der Waals surface area contributed by atoms with E-state index in [0.717, 1.165) is 49.6 Å². The maximum Gasteiger partial charge on any atom is 0.257 e. The number of amides is 1. The Kier molecular flexibility index (Phi) is 5.30. The number of aryl methyl sites for hydroxylation is 2. The van der Waals surface area contributed by atoms with Crippen molar-refractivity contribution < 1.29 is 9.21 Å². The Morgan fingerprint density at radius 2 is 1.92 bits per heavy atom. The summed E-state index contributed by atoms with van der Waals surface area (Å²) >= 11 is 0. The third kappa shape index (κ3) is 3.83. The highest BCUT2D eigenvalue weighted by Crippen LogP contribution is 2.23.